The Morgan fingerprint density at radius 2 is 1.72 bits per heavy atom. The van der Waals surface area contributed by atoms with Gasteiger partial charge in [-0.1, -0.05) is 28.1 Å². The highest BCUT2D eigenvalue weighted by molar-refractivity contribution is 9.13. The third-order valence-electron chi connectivity index (χ3n) is 3.95. The van der Waals surface area contributed by atoms with Gasteiger partial charge in [0.25, 0.3) is 5.91 Å². The van der Waals surface area contributed by atoms with Crippen molar-refractivity contribution in [3.8, 4) is 16.9 Å². The van der Waals surface area contributed by atoms with E-state index in [9.17, 15) is 14.7 Å². The number of carbonyl (C=O) groups is 2. The highest BCUT2D eigenvalue weighted by Crippen LogP contribution is 2.42. The molecule has 0 aliphatic carbocycles. The van der Waals surface area contributed by atoms with Crippen LogP contribution in [0.25, 0.3) is 11.1 Å². The van der Waals surface area contributed by atoms with Crippen molar-refractivity contribution >= 4 is 91.9 Å². The first-order valence-corrected chi connectivity index (χ1v) is 11.9. The standard InChI is InChI=1S/C19H11Br4NO4S/c1-28-16-12(21)6-10(14(22)15(16)23)17(25)24-18-13(19(26)27)11(7-29-18)8-2-4-9(20)5-3-8/h2-7H,1H3,(H,24,25)(H,26,27). The number of carbonyl (C=O) groups excluding carboxylic acids is 1. The number of thiophene rings is 1. The van der Waals surface area contributed by atoms with E-state index in [-0.39, 0.29) is 10.6 Å². The van der Waals surface area contributed by atoms with Gasteiger partial charge in [0.05, 0.1) is 21.6 Å². The molecule has 150 valence electrons. The van der Waals surface area contributed by atoms with Crippen molar-refractivity contribution < 1.29 is 19.4 Å². The smallest absolute Gasteiger partial charge is 0.339 e. The number of methoxy groups -OCH3 is 1. The third-order valence-corrected chi connectivity index (χ3v) is 8.08. The van der Waals surface area contributed by atoms with E-state index in [4.69, 9.17) is 4.74 Å². The first-order chi connectivity index (χ1) is 13.7. The Balaban J connectivity index is 2.00. The minimum Gasteiger partial charge on any atom is -0.494 e. The lowest BCUT2D eigenvalue weighted by Crippen LogP contribution is -2.14. The zero-order chi connectivity index (χ0) is 21.3. The lowest BCUT2D eigenvalue weighted by atomic mass is 10.0. The summed E-state index contributed by atoms with van der Waals surface area (Å²) < 4.78 is 7.83. The molecule has 3 rings (SSSR count). The number of hydrogen-bond donors (Lipinski definition) is 2. The molecular weight excluding hydrogens is 658 g/mol. The van der Waals surface area contributed by atoms with E-state index in [1.165, 1.54) is 7.11 Å². The summed E-state index contributed by atoms with van der Waals surface area (Å²) in [6.07, 6.45) is 0. The van der Waals surface area contributed by atoms with Crippen LogP contribution < -0.4 is 10.1 Å². The number of amides is 1. The molecule has 0 fully saturated rings. The number of carboxylic acids is 1. The molecule has 0 saturated heterocycles. The van der Waals surface area contributed by atoms with Crippen LogP contribution >= 0.6 is 75.1 Å². The Labute approximate surface area is 204 Å². The SMILES string of the molecule is COc1c(Br)cc(C(=O)Nc2scc(-c3ccc(Br)cc3)c2C(=O)O)c(Br)c1Br. The Hall–Kier alpha value is -1.20. The molecule has 1 heterocycles. The van der Waals surface area contributed by atoms with Gasteiger partial charge in [-0.25, -0.2) is 4.79 Å². The van der Waals surface area contributed by atoms with Crippen LogP contribution in [0.15, 0.2) is 53.6 Å². The number of benzene rings is 2. The van der Waals surface area contributed by atoms with Crippen molar-refractivity contribution in [1.29, 1.82) is 0 Å². The first-order valence-electron chi connectivity index (χ1n) is 7.88. The molecule has 0 aliphatic rings. The second-order valence-electron chi connectivity index (χ2n) is 5.69. The number of aromatic carboxylic acids is 1. The molecule has 0 aliphatic heterocycles. The topological polar surface area (TPSA) is 75.6 Å². The van der Waals surface area contributed by atoms with E-state index in [0.29, 0.717) is 30.3 Å². The summed E-state index contributed by atoms with van der Waals surface area (Å²) in [7, 11) is 1.52. The van der Waals surface area contributed by atoms with Crippen LogP contribution in [-0.4, -0.2) is 24.1 Å². The van der Waals surface area contributed by atoms with Gasteiger partial charge in [0, 0.05) is 19.9 Å². The van der Waals surface area contributed by atoms with Gasteiger partial charge in [0.2, 0.25) is 0 Å². The van der Waals surface area contributed by atoms with Gasteiger partial charge in [-0.15, -0.1) is 11.3 Å². The molecule has 2 N–H and O–H groups in total. The highest BCUT2D eigenvalue weighted by atomic mass is 79.9. The molecule has 29 heavy (non-hydrogen) atoms. The molecule has 5 nitrogen and oxygen atoms in total. The van der Waals surface area contributed by atoms with E-state index in [0.717, 1.165) is 21.4 Å². The number of carboxylic acid groups (broad SMARTS) is 1. The van der Waals surface area contributed by atoms with E-state index in [2.05, 4.69) is 69.0 Å². The van der Waals surface area contributed by atoms with Crippen molar-refractivity contribution in [3.63, 3.8) is 0 Å². The highest BCUT2D eigenvalue weighted by Gasteiger charge is 2.24. The molecule has 1 aromatic heterocycles. The summed E-state index contributed by atoms with van der Waals surface area (Å²) in [5.74, 6) is -1.03. The lowest BCUT2D eigenvalue weighted by molar-refractivity contribution is 0.0699. The maximum Gasteiger partial charge on any atom is 0.339 e. The zero-order valence-electron chi connectivity index (χ0n) is 14.6. The summed E-state index contributed by atoms with van der Waals surface area (Å²) in [4.78, 5) is 24.8. The molecule has 0 saturated carbocycles. The summed E-state index contributed by atoms with van der Waals surface area (Å²) >= 11 is 14.7. The molecular formula is C19H11Br4NO4S. The van der Waals surface area contributed by atoms with Gasteiger partial charge in [0.1, 0.15) is 16.3 Å². The third kappa shape index (κ3) is 4.61. The van der Waals surface area contributed by atoms with E-state index in [1.807, 2.05) is 24.3 Å². The van der Waals surface area contributed by atoms with Gasteiger partial charge in [-0.2, -0.15) is 0 Å². The molecule has 1 amide bonds. The average Bonchev–Trinajstić information content (AvgIpc) is 3.09. The van der Waals surface area contributed by atoms with Crippen molar-refractivity contribution in [2.75, 3.05) is 12.4 Å². The number of nitrogens with one attached hydrogen (secondary N) is 1. The fourth-order valence-corrected chi connectivity index (χ4v) is 5.74. The second-order valence-corrected chi connectivity index (χ2v) is 9.92. The van der Waals surface area contributed by atoms with Crippen molar-refractivity contribution in [3.05, 3.63) is 64.7 Å². The van der Waals surface area contributed by atoms with Crippen LogP contribution in [0, 0.1) is 0 Å². The Kier molecular flexibility index (Phi) is 7.21. The Morgan fingerprint density at radius 3 is 2.31 bits per heavy atom. The monoisotopic (exact) mass is 665 g/mol. The van der Waals surface area contributed by atoms with Crippen LogP contribution in [0.1, 0.15) is 20.7 Å². The van der Waals surface area contributed by atoms with Gasteiger partial charge in [-0.3, -0.25) is 4.79 Å². The van der Waals surface area contributed by atoms with Crippen LogP contribution in [0.3, 0.4) is 0 Å². The summed E-state index contributed by atoms with van der Waals surface area (Å²) in [6.45, 7) is 0. The lowest BCUT2D eigenvalue weighted by Gasteiger charge is -2.12. The quantitative estimate of drug-likeness (QED) is 0.278. The van der Waals surface area contributed by atoms with Gasteiger partial charge in [0.15, 0.2) is 0 Å². The first kappa shape index (κ1) is 22.5. The van der Waals surface area contributed by atoms with Crippen molar-refractivity contribution in [2.45, 2.75) is 0 Å². The van der Waals surface area contributed by atoms with E-state index < -0.39 is 11.9 Å². The van der Waals surface area contributed by atoms with Gasteiger partial charge in [-0.05, 0) is 71.6 Å². The van der Waals surface area contributed by atoms with Crippen molar-refractivity contribution in [2.24, 2.45) is 0 Å². The summed E-state index contributed by atoms with van der Waals surface area (Å²) in [5.41, 5.74) is 1.66. The Bertz CT molecular complexity index is 1110. The van der Waals surface area contributed by atoms with Crippen LogP contribution in [0.2, 0.25) is 0 Å². The maximum atomic E-state index is 12.9. The fraction of sp³-hybridized carbons (Fsp3) is 0.0526. The molecule has 0 unspecified atom stereocenters. The number of anilines is 1. The fourth-order valence-electron chi connectivity index (χ4n) is 2.61. The molecule has 0 spiro atoms. The molecule has 3 aromatic rings. The normalized spacial score (nSPS) is 10.7. The van der Waals surface area contributed by atoms with Crippen LogP contribution in [-0.2, 0) is 0 Å². The maximum absolute atomic E-state index is 12.9. The second kappa shape index (κ2) is 9.30. The zero-order valence-corrected chi connectivity index (χ0v) is 21.7. The predicted octanol–water partition coefficient (Wildman–Crippen LogP) is 7.42. The largest absolute Gasteiger partial charge is 0.494 e. The average molecular weight is 669 g/mol. The van der Waals surface area contributed by atoms with E-state index >= 15 is 0 Å². The van der Waals surface area contributed by atoms with Gasteiger partial charge >= 0.3 is 5.97 Å². The number of ether oxygens (including phenoxy) is 1. The predicted molar refractivity (Wildman–Crippen MR) is 128 cm³/mol. The number of halogens is 4. The molecule has 10 heteroatoms. The molecule has 0 radical (unpaired) electrons. The van der Waals surface area contributed by atoms with E-state index in [1.54, 1.807) is 11.4 Å². The van der Waals surface area contributed by atoms with Crippen LogP contribution in [0.4, 0.5) is 5.00 Å². The number of hydrogen-bond acceptors (Lipinski definition) is 4. The minimum atomic E-state index is -1.12. The molecule has 0 atom stereocenters. The minimum absolute atomic E-state index is 0.0495. The van der Waals surface area contributed by atoms with Crippen molar-refractivity contribution in [1.82, 2.24) is 0 Å². The summed E-state index contributed by atoms with van der Waals surface area (Å²) in [6, 6.07) is 8.91. The van der Waals surface area contributed by atoms with Crippen LogP contribution in [0.5, 0.6) is 5.75 Å². The number of rotatable bonds is 5. The Morgan fingerprint density at radius 1 is 1.07 bits per heavy atom. The molecule has 2 aromatic carbocycles. The molecule has 0 bridgehead atoms. The summed E-state index contributed by atoms with van der Waals surface area (Å²) in [5, 5.41) is 14.4. The van der Waals surface area contributed by atoms with Gasteiger partial charge < -0.3 is 15.2 Å².